The van der Waals surface area contributed by atoms with Gasteiger partial charge in [0, 0.05) is 50.7 Å². The Balaban J connectivity index is 1.43. The molecule has 1 N–H and O–H groups in total. The molecule has 0 radical (unpaired) electrons. The number of benzene rings is 1. The molecule has 8 nitrogen and oxygen atoms in total. The summed E-state index contributed by atoms with van der Waals surface area (Å²) < 4.78 is 39.6. The molecule has 0 saturated carbocycles. The Morgan fingerprint density at radius 2 is 1.82 bits per heavy atom. The van der Waals surface area contributed by atoms with Crippen LogP contribution in [0.25, 0.3) is 0 Å². The third-order valence-electron chi connectivity index (χ3n) is 4.42. The molecule has 1 fully saturated rings. The van der Waals surface area contributed by atoms with Crippen LogP contribution in [0.4, 0.5) is 10.3 Å². The van der Waals surface area contributed by atoms with Crippen LogP contribution in [0.3, 0.4) is 0 Å². The smallest absolute Gasteiger partial charge is 0.251 e. The molecule has 28 heavy (non-hydrogen) atoms. The Morgan fingerprint density at radius 1 is 1.11 bits per heavy atom. The van der Waals surface area contributed by atoms with Gasteiger partial charge in [0.05, 0.1) is 5.75 Å². The van der Waals surface area contributed by atoms with Crippen LogP contribution in [0.1, 0.15) is 16.8 Å². The molecule has 0 atom stereocenters. The summed E-state index contributed by atoms with van der Waals surface area (Å²) in [4.78, 5) is 22.2. The molecule has 0 aliphatic carbocycles. The lowest BCUT2D eigenvalue weighted by Gasteiger charge is -2.33. The third kappa shape index (κ3) is 5.23. The van der Waals surface area contributed by atoms with Crippen molar-refractivity contribution in [3.05, 3.63) is 54.1 Å². The molecule has 0 spiro atoms. The molecule has 1 aromatic carbocycles. The maximum atomic E-state index is 13.1. The minimum Gasteiger partial charge on any atom is -0.352 e. The number of hydrogen-bond acceptors (Lipinski definition) is 6. The normalized spacial score (nSPS) is 15.4. The van der Waals surface area contributed by atoms with Gasteiger partial charge in [0.15, 0.2) is 0 Å². The molecule has 10 heteroatoms. The topological polar surface area (TPSA) is 95.5 Å². The van der Waals surface area contributed by atoms with E-state index in [0.29, 0.717) is 32.1 Å². The second kappa shape index (κ2) is 9.07. The van der Waals surface area contributed by atoms with E-state index in [1.54, 1.807) is 18.5 Å². The molecule has 1 aromatic heterocycles. The zero-order valence-corrected chi connectivity index (χ0v) is 16.1. The average molecular weight is 407 g/mol. The predicted octanol–water partition coefficient (Wildman–Crippen LogP) is 0.888. The highest BCUT2D eigenvalue weighted by molar-refractivity contribution is 7.89. The summed E-state index contributed by atoms with van der Waals surface area (Å²) in [6.07, 6.45) is 3.60. The van der Waals surface area contributed by atoms with E-state index >= 15 is 0 Å². The second-order valence-electron chi connectivity index (χ2n) is 6.37. The minimum absolute atomic E-state index is 0.0573. The largest absolute Gasteiger partial charge is 0.352 e. The van der Waals surface area contributed by atoms with Crippen molar-refractivity contribution in [1.29, 1.82) is 0 Å². The number of anilines is 1. The summed E-state index contributed by atoms with van der Waals surface area (Å²) in [5.41, 5.74) is 0.210. The molecule has 1 aliphatic rings. The van der Waals surface area contributed by atoms with Crippen LogP contribution in [-0.2, 0) is 10.0 Å². The molecular weight excluding hydrogens is 385 g/mol. The molecule has 1 saturated heterocycles. The van der Waals surface area contributed by atoms with Gasteiger partial charge in [0.1, 0.15) is 5.82 Å². The van der Waals surface area contributed by atoms with Crippen LogP contribution < -0.4 is 10.2 Å². The lowest BCUT2D eigenvalue weighted by Crippen LogP contribution is -2.49. The lowest BCUT2D eigenvalue weighted by molar-refractivity contribution is 0.0953. The fraction of sp³-hybridized carbons (Fsp3) is 0.389. The maximum absolute atomic E-state index is 13.1. The van der Waals surface area contributed by atoms with E-state index in [2.05, 4.69) is 15.3 Å². The first-order valence-corrected chi connectivity index (χ1v) is 10.6. The summed E-state index contributed by atoms with van der Waals surface area (Å²) in [6, 6.07) is 7.09. The van der Waals surface area contributed by atoms with Gasteiger partial charge in [-0.2, -0.15) is 4.31 Å². The number of hydrogen-bond donors (Lipinski definition) is 1. The van der Waals surface area contributed by atoms with Gasteiger partial charge < -0.3 is 10.2 Å². The number of carbonyl (C=O) groups excluding carboxylic acids is 1. The quantitative estimate of drug-likeness (QED) is 0.685. The summed E-state index contributed by atoms with van der Waals surface area (Å²) in [6.45, 7) is 2.00. The Kier molecular flexibility index (Phi) is 6.53. The van der Waals surface area contributed by atoms with Crippen molar-refractivity contribution in [1.82, 2.24) is 19.6 Å². The Bertz CT molecular complexity index is 902. The average Bonchev–Trinajstić information content (AvgIpc) is 2.72. The van der Waals surface area contributed by atoms with Crippen molar-refractivity contribution in [2.45, 2.75) is 6.42 Å². The number of halogens is 1. The van der Waals surface area contributed by atoms with Crippen LogP contribution in [0.5, 0.6) is 0 Å². The highest BCUT2D eigenvalue weighted by Crippen LogP contribution is 2.13. The van der Waals surface area contributed by atoms with Gasteiger partial charge in [-0.1, -0.05) is 6.07 Å². The summed E-state index contributed by atoms with van der Waals surface area (Å²) >= 11 is 0. The first kappa shape index (κ1) is 20.2. The zero-order valence-electron chi connectivity index (χ0n) is 15.3. The van der Waals surface area contributed by atoms with E-state index in [-0.39, 0.29) is 24.3 Å². The monoisotopic (exact) mass is 407 g/mol. The number of piperazine rings is 1. The van der Waals surface area contributed by atoms with E-state index in [4.69, 9.17) is 0 Å². The van der Waals surface area contributed by atoms with Crippen LogP contribution in [0, 0.1) is 5.82 Å². The maximum Gasteiger partial charge on any atom is 0.251 e. The predicted molar refractivity (Wildman–Crippen MR) is 103 cm³/mol. The minimum atomic E-state index is -3.40. The van der Waals surface area contributed by atoms with Crippen molar-refractivity contribution in [3.8, 4) is 0 Å². The molecule has 1 aliphatic heterocycles. The van der Waals surface area contributed by atoms with Gasteiger partial charge in [0.25, 0.3) is 5.91 Å². The van der Waals surface area contributed by atoms with Crippen LogP contribution >= 0.6 is 0 Å². The fourth-order valence-electron chi connectivity index (χ4n) is 2.94. The lowest BCUT2D eigenvalue weighted by atomic mass is 10.2. The van der Waals surface area contributed by atoms with Gasteiger partial charge in [-0.15, -0.1) is 0 Å². The number of rotatable bonds is 7. The van der Waals surface area contributed by atoms with Crippen molar-refractivity contribution >= 4 is 21.9 Å². The Labute approximate surface area is 163 Å². The van der Waals surface area contributed by atoms with E-state index in [9.17, 15) is 17.6 Å². The summed E-state index contributed by atoms with van der Waals surface area (Å²) in [7, 11) is -3.40. The highest BCUT2D eigenvalue weighted by atomic mass is 32.2. The Morgan fingerprint density at radius 3 is 2.50 bits per heavy atom. The van der Waals surface area contributed by atoms with Gasteiger partial charge in [-0.05, 0) is 30.7 Å². The van der Waals surface area contributed by atoms with Crippen LogP contribution in [0.15, 0.2) is 42.7 Å². The van der Waals surface area contributed by atoms with Gasteiger partial charge in [-0.25, -0.2) is 22.8 Å². The molecule has 2 aromatic rings. The highest BCUT2D eigenvalue weighted by Gasteiger charge is 2.27. The first-order chi connectivity index (χ1) is 13.5. The van der Waals surface area contributed by atoms with Crippen LogP contribution in [-0.4, -0.2) is 67.1 Å². The van der Waals surface area contributed by atoms with E-state index in [1.807, 2.05) is 4.90 Å². The zero-order chi connectivity index (χ0) is 20.0. The number of aromatic nitrogens is 2. The number of sulfonamides is 1. The van der Waals surface area contributed by atoms with E-state index in [0.717, 1.165) is 6.07 Å². The van der Waals surface area contributed by atoms with Gasteiger partial charge in [0.2, 0.25) is 16.0 Å². The molecule has 150 valence electrons. The van der Waals surface area contributed by atoms with E-state index in [1.165, 1.54) is 22.5 Å². The van der Waals surface area contributed by atoms with Gasteiger partial charge >= 0.3 is 0 Å². The standard InChI is InChI=1S/C18H22FN5O3S/c19-16-5-1-4-15(14-16)17(25)20-8-3-13-28(26,27)24-11-9-23(10-12-24)18-21-6-2-7-22-18/h1-2,4-7,14H,3,8-13H2,(H,20,25). The first-order valence-electron chi connectivity index (χ1n) is 8.99. The molecule has 0 bridgehead atoms. The van der Waals surface area contributed by atoms with Crippen molar-refractivity contribution in [2.75, 3.05) is 43.4 Å². The second-order valence-corrected chi connectivity index (χ2v) is 8.46. The number of carbonyl (C=O) groups is 1. The van der Waals surface area contributed by atoms with Crippen molar-refractivity contribution in [3.63, 3.8) is 0 Å². The fourth-order valence-corrected chi connectivity index (χ4v) is 4.43. The van der Waals surface area contributed by atoms with Crippen molar-refractivity contribution in [2.24, 2.45) is 0 Å². The Hall–Kier alpha value is -2.59. The molecule has 3 rings (SSSR count). The van der Waals surface area contributed by atoms with Gasteiger partial charge in [-0.3, -0.25) is 4.79 Å². The van der Waals surface area contributed by atoms with Crippen LogP contribution in [0.2, 0.25) is 0 Å². The number of nitrogens with one attached hydrogen (secondary N) is 1. The summed E-state index contributed by atoms with van der Waals surface area (Å²) in [5, 5.41) is 2.62. The SMILES string of the molecule is O=C(NCCCS(=O)(=O)N1CCN(c2ncccn2)CC1)c1cccc(F)c1. The molecule has 2 heterocycles. The molecular formula is C18H22FN5O3S. The third-order valence-corrected chi connectivity index (χ3v) is 6.37. The molecule has 0 unspecified atom stereocenters. The number of nitrogens with zero attached hydrogens (tertiary/aromatic N) is 4. The summed E-state index contributed by atoms with van der Waals surface area (Å²) in [5.74, 6) is -0.374. The molecule has 1 amide bonds. The van der Waals surface area contributed by atoms with E-state index < -0.39 is 21.7 Å². The van der Waals surface area contributed by atoms with Crippen molar-refractivity contribution < 1.29 is 17.6 Å². The number of amides is 1.